The minimum atomic E-state index is -0.373. The van der Waals surface area contributed by atoms with E-state index in [1.165, 1.54) is 6.33 Å². The van der Waals surface area contributed by atoms with Gasteiger partial charge in [-0.2, -0.15) is 10.1 Å². The third-order valence-electron chi connectivity index (χ3n) is 4.83. The molecule has 2 heterocycles. The highest BCUT2D eigenvalue weighted by molar-refractivity contribution is 9.10. The van der Waals surface area contributed by atoms with E-state index in [9.17, 15) is 4.79 Å². The lowest BCUT2D eigenvalue weighted by atomic mass is 9.95. The van der Waals surface area contributed by atoms with Gasteiger partial charge >= 0.3 is 0 Å². The van der Waals surface area contributed by atoms with Crippen LogP contribution in [0.1, 0.15) is 29.7 Å². The van der Waals surface area contributed by atoms with Gasteiger partial charge in [-0.1, -0.05) is 45.8 Å². The quantitative estimate of drug-likeness (QED) is 0.628. The van der Waals surface area contributed by atoms with Crippen molar-refractivity contribution in [2.24, 2.45) is 0 Å². The molecule has 0 radical (unpaired) electrons. The van der Waals surface area contributed by atoms with Crippen molar-refractivity contribution in [2.75, 3.05) is 10.6 Å². The van der Waals surface area contributed by atoms with Crippen LogP contribution in [0.25, 0.3) is 0 Å². The maximum atomic E-state index is 13.3. The van der Waals surface area contributed by atoms with Gasteiger partial charge in [-0.15, -0.1) is 0 Å². The van der Waals surface area contributed by atoms with Gasteiger partial charge in [0.2, 0.25) is 5.95 Å². The van der Waals surface area contributed by atoms with Gasteiger partial charge in [-0.25, -0.2) is 4.68 Å². The smallest absolute Gasteiger partial charge is 0.255 e. The first-order valence-electron chi connectivity index (χ1n) is 8.95. The summed E-state index contributed by atoms with van der Waals surface area (Å²) in [4.78, 5) is 17.6. The molecule has 1 aliphatic rings. The topological polar surface area (TPSA) is 71.8 Å². The van der Waals surface area contributed by atoms with Crippen LogP contribution in [0.15, 0.2) is 64.5 Å². The molecule has 2 aromatic carbocycles. The van der Waals surface area contributed by atoms with E-state index in [0.29, 0.717) is 11.5 Å². The van der Waals surface area contributed by atoms with E-state index >= 15 is 0 Å². The van der Waals surface area contributed by atoms with E-state index < -0.39 is 0 Å². The number of carbonyl (C=O) groups excluding carboxylic acids is 1. The summed E-state index contributed by atoms with van der Waals surface area (Å²) < 4.78 is 2.68. The van der Waals surface area contributed by atoms with Gasteiger partial charge in [0, 0.05) is 15.9 Å². The zero-order chi connectivity index (χ0) is 19.8. The SMILES string of the molecule is CC1=C(C(=O)Nc2ccc(C)cc2C)[C@@H](c2cccc(Br)c2)n2ncnc2N1. The highest BCUT2D eigenvalue weighted by Gasteiger charge is 2.33. The van der Waals surface area contributed by atoms with Gasteiger partial charge in [-0.05, 0) is 50.1 Å². The predicted octanol–water partition coefficient (Wildman–Crippen LogP) is 4.59. The number of aromatic nitrogens is 3. The molecule has 0 bridgehead atoms. The molecule has 1 aliphatic heterocycles. The fourth-order valence-electron chi connectivity index (χ4n) is 3.51. The van der Waals surface area contributed by atoms with E-state index in [1.807, 2.05) is 57.2 Å². The van der Waals surface area contributed by atoms with E-state index in [0.717, 1.165) is 32.5 Å². The first-order chi connectivity index (χ1) is 13.4. The standard InChI is InChI=1S/C21H20BrN5O/c1-12-7-8-17(13(2)9-12)26-20(28)18-14(3)25-21-23-11-24-27(21)19(18)15-5-4-6-16(22)10-15/h4-11,19H,1-3H3,(H,26,28)(H,23,24,25)/t19-/m1/s1. The van der Waals surface area contributed by atoms with Crippen molar-refractivity contribution < 1.29 is 4.79 Å². The fraction of sp³-hybridized carbons (Fsp3) is 0.190. The van der Waals surface area contributed by atoms with Crippen LogP contribution in [-0.4, -0.2) is 20.7 Å². The number of fused-ring (bicyclic) bond motifs is 1. The lowest BCUT2D eigenvalue weighted by Crippen LogP contribution is -2.31. The number of carbonyl (C=O) groups is 1. The highest BCUT2D eigenvalue weighted by atomic mass is 79.9. The minimum Gasteiger partial charge on any atom is -0.328 e. The summed E-state index contributed by atoms with van der Waals surface area (Å²) in [5.74, 6) is 0.452. The second-order valence-electron chi connectivity index (χ2n) is 6.92. The molecule has 0 fully saturated rings. The van der Waals surface area contributed by atoms with E-state index in [4.69, 9.17) is 0 Å². The number of amides is 1. The van der Waals surface area contributed by atoms with Gasteiger partial charge < -0.3 is 10.6 Å². The Bertz CT molecular complexity index is 1100. The molecule has 0 aliphatic carbocycles. The Morgan fingerprint density at radius 2 is 2.00 bits per heavy atom. The number of nitrogens with zero attached hydrogens (tertiary/aromatic N) is 3. The van der Waals surface area contributed by atoms with Crippen molar-refractivity contribution in [3.05, 3.63) is 81.2 Å². The van der Waals surface area contributed by atoms with Gasteiger partial charge in [0.25, 0.3) is 5.91 Å². The number of aryl methyl sites for hydroxylation is 2. The van der Waals surface area contributed by atoms with E-state index in [2.05, 4.69) is 42.7 Å². The van der Waals surface area contributed by atoms with Crippen molar-refractivity contribution in [2.45, 2.75) is 26.8 Å². The molecule has 3 aromatic rings. The predicted molar refractivity (Wildman–Crippen MR) is 113 cm³/mol. The van der Waals surface area contributed by atoms with Crippen LogP contribution in [-0.2, 0) is 4.79 Å². The van der Waals surface area contributed by atoms with Crippen LogP contribution in [0.5, 0.6) is 0 Å². The summed E-state index contributed by atoms with van der Waals surface area (Å²) in [6, 6.07) is 13.5. The molecule has 7 heteroatoms. The minimum absolute atomic E-state index is 0.164. The largest absolute Gasteiger partial charge is 0.328 e. The van der Waals surface area contributed by atoms with Crippen LogP contribution in [0.4, 0.5) is 11.6 Å². The summed E-state index contributed by atoms with van der Waals surface area (Å²) in [5, 5.41) is 10.6. The third kappa shape index (κ3) is 3.33. The number of hydrogen-bond acceptors (Lipinski definition) is 4. The number of anilines is 2. The third-order valence-corrected chi connectivity index (χ3v) is 5.33. The first-order valence-corrected chi connectivity index (χ1v) is 9.74. The number of halogens is 1. The van der Waals surface area contributed by atoms with Gasteiger partial charge in [0.05, 0.1) is 5.57 Å². The van der Waals surface area contributed by atoms with Gasteiger partial charge in [0.1, 0.15) is 12.4 Å². The van der Waals surface area contributed by atoms with Crippen molar-refractivity contribution in [1.82, 2.24) is 14.8 Å². The normalized spacial score (nSPS) is 15.8. The number of benzene rings is 2. The van der Waals surface area contributed by atoms with Crippen molar-refractivity contribution in [1.29, 1.82) is 0 Å². The Kier molecular flexibility index (Phi) is 4.77. The monoisotopic (exact) mass is 437 g/mol. The summed E-state index contributed by atoms with van der Waals surface area (Å²) >= 11 is 3.52. The summed E-state index contributed by atoms with van der Waals surface area (Å²) in [6.07, 6.45) is 1.49. The number of rotatable bonds is 3. The van der Waals surface area contributed by atoms with Crippen LogP contribution >= 0.6 is 15.9 Å². The Hall–Kier alpha value is -2.93. The van der Waals surface area contributed by atoms with E-state index in [-0.39, 0.29) is 11.9 Å². The average Bonchev–Trinajstić information content (AvgIpc) is 3.10. The summed E-state index contributed by atoms with van der Waals surface area (Å²) in [5.41, 5.74) is 5.30. The molecule has 0 saturated heterocycles. The molecule has 0 unspecified atom stereocenters. The maximum absolute atomic E-state index is 13.3. The highest BCUT2D eigenvalue weighted by Crippen LogP contribution is 2.36. The summed E-state index contributed by atoms with van der Waals surface area (Å²) in [7, 11) is 0. The fourth-order valence-corrected chi connectivity index (χ4v) is 3.93. The number of allylic oxidation sites excluding steroid dienone is 1. The van der Waals surface area contributed by atoms with Crippen LogP contribution in [0.2, 0.25) is 0 Å². The van der Waals surface area contributed by atoms with Gasteiger partial charge in [0.15, 0.2) is 0 Å². The second kappa shape index (κ2) is 7.24. The lowest BCUT2D eigenvalue weighted by Gasteiger charge is -2.29. The number of nitrogens with one attached hydrogen (secondary N) is 2. The zero-order valence-electron chi connectivity index (χ0n) is 15.8. The average molecular weight is 438 g/mol. The molecule has 1 aromatic heterocycles. The van der Waals surface area contributed by atoms with Crippen LogP contribution < -0.4 is 10.6 Å². The van der Waals surface area contributed by atoms with Crippen molar-refractivity contribution in [3.8, 4) is 0 Å². The molecule has 1 atom stereocenters. The van der Waals surface area contributed by atoms with Crippen LogP contribution in [0.3, 0.4) is 0 Å². The Labute approximate surface area is 171 Å². The molecule has 0 saturated carbocycles. The molecule has 0 spiro atoms. The van der Waals surface area contributed by atoms with Crippen molar-refractivity contribution >= 4 is 33.5 Å². The maximum Gasteiger partial charge on any atom is 0.255 e. The Morgan fingerprint density at radius 3 is 2.75 bits per heavy atom. The summed E-state index contributed by atoms with van der Waals surface area (Å²) in [6.45, 7) is 5.91. The molecule has 4 rings (SSSR count). The molecule has 142 valence electrons. The Balaban J connectivity index is 1.77. The molecule has 2 N–H and O–H groups in total. The second-order valence-corrected chi connectivity index (χ2v) is 7.84. The first kappa shape index (κ1) is 18.4. The van der Waals surface area contributed by atoms with E-state index in [1.54, 1.807) is 4.68 Å². The van der Waals surface area contributed by atoms with Gasteiger partial charge in [-0.3, -0.25) is 4.79 Å². The zero-order valence-corrected chi connectivity index (χ0v) is 17.4. The molecule has 28 heavy (non-hydrogen) atoms. The Morgan fingerprint density at radius 1 is 1.18 bits per heavy atom. The van der Waals surface area contributed by atoms with Crippen molar-refractivity contribution in [3.63, 3.8) is 0 Å². The molecule has 1 amide bonds. The molecular formula is C21H20BrN5O. The van der Waals surface area contributed by atoms with Crippen LogP contribution in [0, 0.1) is 13.8 Å². The molecule has 6 nitrogen and oxygen atoms in total. The molecular weight excluding hydrogens is 418 g/mol. The lowest BCUT2D eigenvalue weighted by molar-refractivity contribution is -0.113. The number of hydrogen-bond donors (Lipinski definition) is 2.